The van der Waals surface area contributed by atoms with Gasteiger partial charge in [0, 0.05) is 37.1 Å². The molecule has 320 valence electrons. The van der Waals surface area contributed by atoms with E-state index < -0.39 is 86.2 Å². The van der Waals surface area contributed by atoms with E-state index in [1.807, 2.05) is 0 Å². The molecule has 3 fully saturated rings. The van der Waals surface area contributed by atoms with Crippen molar-refractivity contribution < 1.29 is 60.1 Å². The van der Waals surface area contributed by atoms with E-state index in [2.05, 4.69) is 20.3 Å². The Bertz CT molecular complexity index is 2020. The van der Waals surface area contributed by atoms with Gasteiger partial charge in [-0.25, -0.2) is 27.0 Å². The topological polar surface area (TPSA) is 201 Å². The Morgan fingerprint density at radius 1 is 1.09 bits per heavy atom. The number of alkyl halides is 2. The third-order valence-corrected chi connectivity index (χ3v) is 12.5. The molecule has 19 heteroatoms. The molecule has 2 saturated carbocycles. The molecule has 2 aromatic rings. The predicted molar refractivity (Wildman–Crippen MR) is 207 cm³/mol. The molecule has 4 amide bonds. The third kappa shape index (κ3) is 9.73. The highest BCUT2D eigenvalue weighted by Crippen LogP contribution is 2.46. The quantitative estimate of drug-likeness (QED) is 0.145. The van der Waals surface area contributed by atoms with Gasteiger partial charge in [0.1, 0.15) is 41.8 Å². The highest BCUT2D eigenvalue weighted by Gasteiger charge is 2.62. The van der Waals surface area contributed by atoms with Gasteiger partial charge in [-0.1, -0.05) is 26.0 Å². The van der Waals surface area contributed by atoms with E-state index in [9.17, 15) is 36.4 Å². The number of amides is 4. The molecule has 1 saturated heterocycles. The minimum absolute atomic E-state index is 0.105. The number of pyridine rings is 1. The summed E-state index contributed by atoms with van der Waals surface area (Å²) in [6, 6.07) is 2.52. The molecule has 1 aliphatic heterocycles. The number of sulfonamides is 1. The van der Waals surface area contributed by atoms with Crippen molar-refractivity contribution >= 4 is 44.6 Å². The summed E-state index contributed by atoms with van der Waals surface area (Å²) in [5.74, 6) is -5.88. The molecule has 1 aromatic heterocycles. The zero-order chi connectivity index (χ0) is 42.8. The normalized spacial score (nSPS) is 22.7. The molecule has 2 aliphatic carbocycles. The van der Waals surface area contributed by atoms with E-state index in [-0.39, 0.29) is 31.9 Å². The summed E-state index contributed by atoms with van der Waals surface area (Å²) in [5, 5.41) is 5.60. The lowest BCUT2D eigenvalue weighted by molar-refractivity contribution is -0.151. The maximum absolute atomic E-state index is 14.4. The minimum atomic E-state index is -3.97. The first-order valence-corrected chi connectivity index (χ1v) is 20.7. The largest absolute Gasteiger partial charge is 0.497 e. The number of nitrogens with zero attached hydrogens (tertiary/aromatic N) is 2. The Kier molecular flexibility index (Phi) is 13.2. The van der Waals surface area contributed by atoms with Crippen LogP contribution in [0, 0.1) is 11.8 Å². The fraction of sp³-hybridized carbons (Fsp3) is 0.615. The van der Waals surface area contributed by atoms with Crippen molar-refractivity contribution in [1.29, 1.82) is 0 Å². The molecule has 3 N–H and O–H groups in total. The number of rotatable bonds is 18. The molecular weight excluding hydrogens is 785 g/mol. The number of alkyl carbamates (subject to hydrolysis) is 1. The van der Waals surface area contributed by atoms with Gasteiger partial charge in [0.05, 0.1) is 31.7 Å². The summed E-state index contributed by atoms with van der Waals surface area (Å²) in [6.07, 6.45) is 3.52. The van der Waals surface area contributed by atoms with E-state index in [1.165, 1.54) is 18.2 Å². The van der Waals surface area contributed by atoms with Crippen molar-refractivity contribution in [2.24, 2.45) is 11.8 Å². The maximum atomic E-state index is 14.4. The predicted octanol–water partition coefficient (Wildman–Crippen LogP) is 3.86. The van der Waals surface area contributed by atoms with Crippen LogP contribution in [0.1, 0.15) is 67.2 Å². The van der Waals surface area contributed by atoms with Crippen molar-refractivity contribution in [3.8, 4) is 17.4 Å². The molecular formula is C39H53F2N5O11S. The van der Waals surface area contributed by atoms with Gasteiger partial charge in [-0.15, -0.1) is 0 Å². The molecule has 5 atom stereocenters. The summed E-state index contributed by atoms with van der Waals surface area (Å²) < 4.78 is 84.0. The number of methoxy groups -OCH3 is 2. The SMILES string of the molecule is CC=CC1CC1(NC(=O)C1CC(Oc2ncc(OCCOC)c3cc(OC)ccc23)CN1C(=O)C(NC(=O)OC(C)(C)C(C)(F)F)C(C)C)C(=O)NS(=O)(=O)C1CC1. The third-order valence-electron chi connectivity index (χ3n) is 10.7. The summed E-state index contributed by atoms with van der Waals surface area (Å²) in [6.45, 7) is 7.99. The van der Waals surface area contributed by atoms with Crippen LogP contribution in [-0.4, -0.2) is 117 Å². The second kappa shape index (κ2) is 17.2. The summed E-state index contributed by atoms with van der Waals surface area (Å²) in [4.78, 5) is 61.1. The van der Waals surface area contributed by atoms with E-state index in [0.29, 0.717) is 48.6 Å². The van der Waals surface area contributed by atoms with Crippen LogP contribution >= 0.6 is 0 Å². The molecule has 0 bridgehead atoms. The van der Waals surface area contributed by atoms with Gasteiger partial charge < -0.3 is 39.2 Å². The Morgan fingerprint density at radius 3 is 2.40 bits per heavy atom. The second-order valence-electron chi connectivity index (χ2n) is 15.8. The van der Waals surface area contributed by atoms with Crippen molar-refractivity contribution in [2.45, 2.75) is 108 Å². The van der Waals surface area contributed by atoms with Gasteiger partial charge in [-0.05, 0) is 64.2 Å². The number of aromatic nitrogens is 1. The fourth-order valence-electron chi connectivity index (χ4n) is 6.64. The number of ether oxygens (including phenoxy) is 5. The molecule has 1 aromatic carbocycles. The number of hydrogen-bond acceptors (Lipinski definition) is 12. The average Bonchev–Trinajstić information content (AvgIpc) is 4.07. The fourth-order valence-corrected chi connectivity index (χ4v) is 8.01. The molecule has 58 heavy (non-hydrogen) atoms. The lowest BCUT2D eigenvalue weighted by atomic mass is 10.0. The number of nitrogens with one attached hydrogen (secondary N) is 3. The molecule has 0 spiro atoms. The number of allylic oxidation sites excluding steroid dienone is 1. The number of fused-ring (bicyclic) bond motifs is 1. The van der Waals surface area contributed by atoms with Crippen LogP contribution in [0.2, 0.25) is 0 Å². The van der Waals surface area contributed by atoms with Gasteiger partial charge >= 0.3 is 6.09 Å². The number of likely N-dealkylation sites (tertiary alicyclic amines) is 1. The Morgan fingerprint density at radius 2 is 1.79 bits per heavy atom. The monoisotopic (exact) mass is 837 g/mol. The first kappa shape index (κ1) is 44.3. The molecule has 0 radical (unpaired) electrons. The molecule has 16 nitrogen and oxygen atoms in total. The number of carbonyl (C=O) groups is 4. The van der Waals surface area contributed by atoms with Crippen molar-refractivity contribution in [1.82, 2.24) is 25.2 Å². The smallest absolute Gasteiger partial charge is 0.408 e. The van der Waals surface area contributed by atoms with Crippen LogP contribution < -0.4 is 29.6 Å². The lowest BCUT2D eigenvalue weighted by Crippen LogP contribution is -2.59. The van der Waals surface area contributed by atoms with Gasteiger partial charge in [0.2, 0.25) is 27.7 Å². The Hall–Kier alpha value is -4.78. The summed E-state index contributed by atoms with van der Waals surface area (Å²) in [5.41, 5.74) is -3.85. The second-order valence-corrected chi connectivity index (χ2v) is 17.7. The van der Waals surface area contributed by atoms with Crippen molar-refractivity contribution in [3.63, 3.8) is 0 Å². The van der Waals surface area contributed by atoms with Crippen LogP contribution in [0.3, 0.4) is 0 Å². The van der Waals surface area contributed by atoms with E-state index >= 15 is 0 Å². The van der Waals surface area contributed by atoms with Gasteiger partial charge in [0.15, 0.2) is 5.60 Å². The lowest BCUT2D eigenvalue weighted by Gasteiger charge is -2.34. The Balaban J connectivity index is 1.46. The first-order valence-electron chi connectivity index (χ1n) is 19.1. The number of carbonyl (C=O) groups excluding carboxylic acids is 4. The van der Waals surface area contributed by atoms with Crippen LogP contribution in [0.4, 0.5) is 13.6 Å². The van der Waals surface area contributed by atoms with Gasteiger partial charge in [0.25, 0.3) is 11.8 Å². The number of hydrogen-bond donors (Lipinski definition) is 3. The zero-order valence-corrected chi connectivity index (χ0v) is 34.7. The number of benzene rings is 1. The standard InChI is InChI=1S/C39H53F2N5O11S/c1-9-10-23-19-39(23,35(49)45-58(51,52)26-12-13-26)44-32(47)29-18-25(21-46(29)34(48)31(22(2)3)43-36(50)57-37(4,5)38(6,40)41)56-33-27-14-11-24(54-8)17-28(27)30(20-42-33)55-16-15-53-7/h9-11,14,17,20,22-23,25-26,29,31H,12-13,15-16,18-19,21H2,1-8H3,(H,43,50)(H,44,47)(H,45,49). The zero-order valence-electron chi connectivity index (χ0n) is 33.9. The first-order chi connectivity index (χ1) is 27.2. The van der Waals surface area contributed by atoms with Crippen LogP contribution in [0.15, 0.2) is 36.5 Å². The van der Waals surface area contributed by atoms with Crippen LogP contribution in [0.25, 0.3) is 10.8 Å². The molecule has 2 heterocycles. The van der Waals surface area contributed by atoms with E-state index in [1.54, 1.807) is 58.2 Å². The molecule has 3 aliphatic rings. The van der Waals surface area contributed by atoms with E-state index in [0.717, 1.165) is 13.8 Å². The van der Waals surface area contributed by atoms with Crippen LogP contribution in [0.5, 0.6) is 17.4 Å². The highest BCUT2D eigenvalue weighted by molar-refractivity contribution is 7.91. The van der Waals surface area contributed by atoms with Crippen LogP contribution in [-0.2, 0) is 33.9 Å². The average molecular weight is 838 g/mol. The van der Waals surface area contributed by atoms with E-state index in [4.69, 9.17) is 23.7 Å². The summed E-state index contributed by atoms with van der Waals surface area (Å²) in [7, 11) is -0.907. The summed E-state index contributed by atoms with van der Waals surface area (Å²) >= 11 is 0. The Labute approximate surface area is 336 Å². The molecule has 5 unspecified atom stereocenters. The molecule has 5 rings (SSSR count). The minimum Gasteiger partial charge on any atom is -0.497 e. The van der Waals surface area contributed by atoms with Gasteiger partial charge in [-0.3, -0.25) is 19.1 Å². The highest BCUT2D eigenvalue weighted by atomic mass is 32.2. The van der Waals surface area contributed by atoms with Gasteiger partial charge in [-0.2, -0.15) is 0 Å². The maximum Gasteiger partial charge on any atom is 0.408 e. The number of halogens is 2. The van der Waals surface area contributed by atoms with Crippen molar-refractivity contribution in [3.05, 3.63) is 36.5 Å². The van der Waals surface area contributed by atoms with Crippen molar-refractivity contribution in [2.75, 3.05) is 34.0 Å².